The molecule has 162 valence electrons. The van der Waals surface area contributed by atoms with Crippen molar-refractivity contribution in [2.75, 3.05) is 6.54 Å². The lowest BCUT2D eigenvalue weighted by Gasteiger charge is -2.28. The van der Waals surface area contributed by atoms with Crippen LogP contribution in [0.5, 0.6) is 0 Å². The van der Waals surface area contributed by atoms with E-state index in [-0.39, 0.29) is 17.9 Å². The van der Waals surface area contributed by atoms with Gasteiger partial charge in [-0.1, -0.05) is 58.4 Å². The number of carbonyl (C=O) groups is 1. The first-order valence-electron chi connectivity index (χ1n) is 11.0. The lowest BCUT2D eigenvalue weighted by Crippen LogP contribution is -2.37. The fourth-order valence-electron chi connectivity index (χ4n) is 4.33. The number of benzene rings is 2. The summed E-state index contributed by atoms with van der Waals surface area (Å²) < 4.78 is 1.02. The van der Waals surface area contributed by atoms with Gasteiger partial charge < -0.3 is 16.0 Å². The van der Waals surface area contributed by atoms with Gasteiger partial charge in [0, 0.05) is 16.0 Å². The van der Waals surface area contributed by atoms with Gasteiger partial charge in [-0.25, -0.2) is 4.98 Å². The lowest BCUT2D eigenvalue weighted by atomic mass is 9.81. The Bertz CT molecular complexity index is 996. The van der Waals surface area contributed by atoms with E-state index in [4.69, 9.17) is 5.73 Å². The first-order valence-corrected chi connectivity index (χ1v) is 11.8. The predicted octanol–water partition coefficient (Wildman–Crippen LogP) is 5.00. The summed E-state index contributed by atoms with van der Waals surface area (Å²) in [5.41, 5.74) is 8.97. The van der Waals surface area contributed by atoms with Crippen LogP contribution in [-0.4, -0.2) is 22.4 Å². The molecule has 0 unspecified atom stereocenters. The van der Waals surface area contributed by atoms with E-state index in [0.29, 0.717) is 12.3 Å². The zero-order chi connectivity index (χ0) is 21.6. The molecule has 1 atom stereocenters. The second-order valence-electron chi connectivity index (χ2n) is 8.40. The van der Waals surface area contributed by atoms with Gasteiger partial charge in [0.25, 0.3) is 0 Å². The molecule has 0 spiro atoms. The zero-order valence-corrected chi connectivity index (χ0v) is 19.1. The largest absolute Gasteiger partial charge is 0.346 e. The number of carbonyl (C=O) groups excluding carboxylic acids is 1. The van der Waals surface area contributed by atoms with E-state index in [1.807, 2.05) is 42.6 Å². The average Bonchev–Trinajstić information content (AvgIpc) is 3.30. The van der Waals surface area contributed by atoms with Crippen LogP contribution in [0.25, 0.3) is 11.3 Å². The second-order valence-corrected chi connectivity index (χ2v) is 9.31. The Morgan fingerprint density at radius 1 is 1.13 bits per heavy atom. The zero-order valence-electron chi connectivity index (χ0n) is 17.6. The minimum atomic E-state index is -0.206. The molecule has 3 aromatic rings. The fourth-order valence-corrected chi connectivity index (χ4v) is 4.73. The van der Waals surface area contributed by atoms with Crippen LogP contribution in [-0.2, 0) is 11.2 Å². The van der Waals surface area contributed by atoms with Crippen LogP contribution >= 0.6 is 15.9 Å². The van der Waals surface area contributed by atoms with Crippen molar-refractivity contribution in [2.45, 2.75) is 38.1 Å². The van der Waals surface area contributed by atoms with Crippen LogP contribution in [0.3, 0.4) is 0 Å². The first kappa shape index (κ1) is 21.8. The summed E-state index contributed by atoms with van der Waals surface area (Å²) in [4.78, 5) is 21.2. The highest BCUT2D eigenvalue weighted by atomic mass is 79.9. The smallest absolute Gasteiger partial charge is 0.223 e. The van der Waals surface area contributed by atoms with Crippen LogP contribution in [0.2, 0.25) is 0 Å². The summed E-state index contributed by atoms with van der Waals surface area (Å²) in [6.45, 7) is 0.718. The van der Waals surface area contributed by atoms with Crippen LogP contribution in [0.1, 0.15) is 43.1 Å². The van der Waals surface area contributed by atoms with Crippen LogP contribution in [0, 0.1) is 11.8 Å². The summed E-state index contributed by atoms with van der Waals surface area (Å²) in [6, 6.07) is 18.1. The van der Waals surface area contributed by atoms with Gasteiger partial charge in [-0.3, -0.25) is 4.79 Å². The number of nitrogens with zero attached hydrogens (tertiary/aromatic N) is 1. The molecule has 6 heteroatoms. The number of aromatic nitrogens is 2. The Hall–Kier alpha value is -2.44. The third-order valence-corrected chi connectivity index (χ3v) is 6.70. The van der Waals surface area contributed by atoms with E-state index in [9.17, 15) is 4.79 Å². The van der Waals surface area contributed by atoms with Gasteiger partial charge in [0.2, 0.25) is 5.91 Å². The highest BCUT2D eigenvalue weighted by Crippen LogP contribution is 2.29. The Morgan fingerprint density at radius 2 is 1.90 bits per heavy atom. The van der Waals surface area contributed by atoms with Crippen molar-refractivity contribution in [1.82, 2.24) is 15.3 Å². The highest BCUT2D eigenvalue weighted by molar-refractivity contribution is 9.10. The number of aromatic amines is 1. The van der Waals surface area contributed by atoms with E-state index in [1.54, 1.807) is 0 Å². The normalized spacial score (nSPS) is 19.7. The van der Waals surface area contributed by atoms with Gasteiger partial charge in [0.05, 0.1) is 17.9 Å². The standard InChI is InChI=1S/C25H29BrN4O/c26-21-8-4-7-20(14-21)23-16-28-24(29-23)22(13-17-5-2-1-3-6-17)30-25(31)19-11-9-18(15-27)10-12-19/h1-8,14,16,18-19,22H,9-13,15,27H2,(H,28,29)(H,30,31)/t18?,19?,22-/m0/s1. The molecule has 0 saturated heterocycles. The van der Waals surface area contributed by atoms with Crippen molar-refractivity contribution in [3.8, 4) is 11.3 Å². The summed E-state index contributed by atoms with van der Waals surface area (Å²) in [6.07, 6.45) is 6.42. The Balaban J connectivity index is 1.53. The minimum absolute atomic E-state index is 0.0561. The maximum atomic E-state index is 13.1. The maximum Gasteiger partial charge on any atom is 0.223 e. The molecular formula is C25H29BrN4O. The number of imidazole rings is 1. The topological polar surface area (TPSA) is 83.8 Å². The molecule has 5 nitrogen and oxygen atoms in total. The summed E-state index contributed by atoms with van der Waals surface area (Å²) in [5.74, 6) is 1.52. The molecule has 1 aliphatic rings. The lowest BCUT2D eigenvalue weighted by molar-refractivity contribution is -0.127. The summed E-state index contributed by atoms with van der Waals surface area (Å²) in [7, 11) is 0. The molecule has 0 bridgehead atoms. The van der Waals surface area contributed by atoms with E-state index < -0.39 is 0 Å². The van der Waals surface area contributed by atoms with Crippen molar-refractivity contribution in [1.29, 1.82) is 0 Å². The molecule has 0 radical (unpaired) electrons. The molecule has 31 heavy (non-hydrogen) atoms. The number of hydrogen-bond donors (Lipinski definition) is 3. The van der Waals surface area contributed by atoms with E-state index in [1.165, 1.54) is 5.56 Å². The van der Waals surface area contributed by atoms with Gasteiger partial charge in [-0.2, -0.15) is 0 Å². The van der Waals surface area contributed by atoms with Crippen molar-refractivity contribution in [3.05, 3.63) is 76.7 Å². The van der Waals surface area contributed by atoms with E-state index >= 15 is 0 Å². The molecule has 1 heterocycles. The molecule has 0 aliphatic heterocycles. The average molecular weight is 481 g/mol. The third kappa shape index (κ3) is 5.63. The van der Waals surface area contributed by atoms with Crippen molar-refractivity contribution in [3.63, 3.8) is 0 Å². The number of rotatable bonds is 7. The number of amides is 1. The highest BCUT2D eigenvalue weighted by Gasteiger charge is 2.28. The Morgan fingerprint density at radius 3 is 2.61 bits per heavy atom. The number of halogens is 1. The molecular weight excluding hydrogens is 452 g/mol. The summed E-state index contributed by atoms with van der Waals surface area (Å²) >= 11 is 3.53. The molecule has 1 fully saturated rings. The molecule has 2 aromatic carbocycles. The maximum absolute atomic E-state index is 13.1. The molecule has 1 saturated carbocycles. The number of hydrogen-bond acceptors (Lipinski definition) is 3. The van der Waals surface area contributed by atoms with Crippen LogP contribution in [0.4, 0.5) is 0 Å². The molecule has 1 aromatic heterocycles. The first-order chi connectivity index (χ1) is 15.1. The van der Waals surface area contributed by atoms with Gasteiger partial charge in [0.15, 0.2) is 0 Å². The minimum Gasteiger partial charge on any atom is -0.346 e. The van der Waals surface area contributed by atoms with E-state index in [2.05, 4.69) is 49.4 Å². The monoisotopic (exact) mass is 480 g/mol. The molecule has 1 aliphatic carbocycles. The number of nitrogens with one attached hydrogen (secondary N) is 2. The second kappa shape index (κ2) is 10.2. The summed E-state index contributed by atoms with van der Waals surface area (Å²) in [5, 5.41) is 3.29. The van der Waals surface area contributed by atoms with Gasteiger partial charge >= 0.3 is 0 Å². The van der Waals surface area contributed by atoms with Gasteiger partial charge in [0.1, 0.15) is 5.82 Å². The molecule has 1 amide bonds. The fraction of sp³-hybridized carbons (Fsp3) is 0.360. The van der Waals surface area contributed by atoms with Gasteiger partial charge in [-0.15, -0.1) is 0 Å². The SMILES string of the molecule is NCC1CCC(C(=O)N[C@@H](Cc2ccccc2)c2ncc(-c3cccc(Br)c3)[nH]2)CC1. The third-order valence-electron chi connectivity index (χ3n) is 6.21. The molecule has 4 N–H and O–H groups in total. The van der Waals surface area contributed by atoms with Crippen molar-refractivity contribution in [2.24, 2.45) is 17.6 Å². The number of H-pyrrole nitrogens is 1. The van der Waals surface area contributed by atoms with E-state index in [0.717, 1.165) is 53.8 Å². The Labute approximate surface area is 192 Å². The Kier molecular flexibility index (Phi) is 7.20. The van der Waals surface area contributed by atoms with Gasteiger partial charge in [-0.05, 0) is 62.3 Å². The van der Waals surface area contributed by atoms with Crippen molar-refractivity contribution >= 4 is 21.8 Å². The van der Waals surface area contributed by atoms with Crippen LogP contribution in [0.15, 0.2) is 65.3 Å². The van der Waals surface area contributed by atoms with Crippen molar-refractivity contribution < 1.29 is 4.79 Å². The quantitative estimate of drug-likeness (QED) is 0.444. The number of nitrogens with two attached hydrogens (primary N) is 1. The predicted molar refractivity (Wildman–Crippen MR) is 127 cm³/mol. The van der Waals surface area contributed by atoms with Crippen LogP contribution < -0.4 is 11.1 Å². The molecule has 4 rings (SSSR count).